The number of hydrogen-bond donors (Lipinski definition) is 2. The van der Waals surface area contributed by atoms with E-state index < -0.39 is 10.8 Å². The SMILES string of the molecule is CC(CS(C)=O)Nc1cc(F)c(Br)cc1N. The maximum absolute atomic E-state index is 13.3. The molecule has 0 heterocycles. The third kappa shape index (κ3) is 3.75. The number of anilines is 2. The Kier molecular flexibility index (Phi) is 4.73. The van der Waals surface area contributed by atoms with Crippen molar-refractivity contribution in [3.63, 3.8) is 0 Å². The fourth-order valence-corrected chi connectivity index (χ4v) is 2.49. The predicted molar refractivity (Wildman–Crippen MR) is 70.5 cm³/mol. The molecule has 2 atom stereocenters. The van der Waals surface area contributed by atoms with Gasteiger partial charge in [-0.25, -0.2) is 4.39 Å². The monoisotopic (exact) mass is 308 g/mol. The quantitative estimate of drug-likeness (QED) is 0.840. The minimum absolute atomic E-state index is 0.0197. The van der Waals surface area contributed by atoms with Crippen LogP contribution in [0.5, 0.6) is 0 Å². The molecule has 0 aliphatic heterocycles. The van der Waals surface area contributed by atoms with Crippen LogP contribution < -0.4 is 11.1 Å². The van der Waals surface area contributed by atoms with Gasteiger partial charge in [0.25, 0.3) is 0 Å². The molecule has 0 bridgehead atoms. The third-order valence-corrected chi connectivity index (χ3v) is 3.56. The number of halogens is 2. The smallest absolute Gasteiger partial charge is 0.139 e. The average molecular weight is 309 g/mol. The lowest BCUT2D eigenvalue weighted by atomic mass is 10.2. The fourth-order valence-electron chi connectivity index (χ4n) is 1.35. The Morgan fingerprint density at radius 3 is 2.81 bits per heavy atom. The van der Waals surface area contributed by atoms with Gasteiger partial charge < -0.3 is 11.1 Å². The lowest BCUT2D eigenvalue weighted by Gasteiger charge is -2.16. The first-order valence-corrected chi connectivity index (χ1v) is 7.23. The van der Waals surface area contributed by atoms with Crippen molar-refractivity contribution in [1.29, 1.82) is 0 Å². The molecule has 0 radical (unpaired) electrons. The molecule has 0 spiro atoms. The Hall–Kier alpha value is -0.620. The van der Waals surface area contributed by atoms with Crippen molar-refractivity contribution >= 4 is 38.1 Å². The highest BCUT2D eigenvalue weighted by Crippen LogP contribution is 2.26. The van der Waals surface area contributed by atoms with E-state index in [1.165, 1.54) is 12.1 Å². The second-order valence-corrected chi connectivity index (χ2v) is 5.97. The minimum atomic E-state index is -0.892. The molecule has 2 unspecified atom stereocenters. The van der Waals surface area contributed by atoms with E-state index in [-0.39, 0.29) is 11.9 Å². The maximum atomic E-state index is 13.3. The van der Waals surface area contributed by atoms with Crippen LogP contribution >= 0.6 is 15.9 Å². The topological polar surface area (TPSA) is 55.1 Å². The Bertz CT molecular complexity index is 414. The van der Waals surface area contributed by atoms with Crippen LogP contribution in [0.25, 0.3) is 0 Å². The van der Waals surface area contributed by atoms with Crippen LogP contribution in [0.4, 0.5) is 15.8 Å². The highest BCUT2D eigenvalue weighted by atomic mass is 79.9. The molecule has 0 aliphatic carbocycles. The zero-order valence-corrected chi connectivity index (χ0v) is 11.5. The minimum Gasteiger partial charge on any atom is -0.397 e. The molecule has 0 aromatic heterocycles. The standard InChI is InChI=1S/C10H14BrFN2OS/c1-6(5-16(2)15)14-10-4-8(12)7(11)3-9(10)13/h3-4,6,14H,5,13H2,1-2H3. The maximum Gasteiger partial charge on any atom is 0.139 e. The molecule has 0 amide bonds. The van der Waals surface area contributed by atoms with Crippen molar-refractivity contribution in [2.75, 3.05) is 23.1 Å². The number of hydrogen-bond acceptors (Lipinski definition) is 3. The first-order chi connectivity index (χ1) is 7.40. The molecule has 1 rings (SSSR count). The molecule has 6 heteroatoms. The molecule has 3 nitrogen and oxygen atoms in total. The van der Waals surface area contributed by atoms with Crippen molar-refractivity contribution in [1.82, 2.24) is 0 Å². The summed E-state index contributed by atoms with van der Waals surface area (Å²) in [5.41, 5.74) is 6.72. The van der Waals surface area contributed by atoms with Gasteiger partial charge in [-0.05, 0) is 28.9 Å². The van der Waals surface area contributed by atoms with Gasteiger partial charge in [0.1, 0.15) is 5.82 Å². The van der Waals surface area contributed by atoms with Gasteiger partial charge in [0.15, 0.2) is 0 Å². The Balaban J connectivity index is 2.81. The number of nitrogens with two attached hydrogens (primary N) is 1. The van der Waals surface area contributed by atoms with E-state index in [1.54, 1.807) is 6.26 Å². The molecule has 16 heavy (non-hydrogen) atoms. The number of nitrogen functional groups attached to an aromatic ring is 1. The van der Waals surface area contributed by atoms with Gasteiger partial charge in [-0.3, -0.25) is 4.21 Å². The van der Waals surface area contributed by atoms with E-state index in [0.717, 1.165) is 0 Å². The summed E-state index contributed by atoms with van der Waals surface area (Å²) in [4.78, 5) is 0. The summed E-state index contributed by atoms with van der Waals surface area (Å²) in [6, 6.07) is 2.82. The van der Waals surface area contributed by atoms with Gasteiger partial charge in [-0.1, -0.05) is 0 Å². The molecular weight excluding hydrogens is 295 g/mol. The zero-order chi connectivity index (χ0) is 12.3. The summed E-state index contributed by atoms with van der Waals surface area (Å²) in [5.74, 6) is 0.124. The van der Waals surface area contributed by atoms with Crippen LogP contribution in [0.3, 0.4) is 0 Å². The van der Waals surface area contributed by atoms with E-state index >= 15 is 0 Å². The van der Waals surface area contributed by atoms with Gasteiger partial charge in [0, 0.05) is 34.9 Å². The molecule has 0 fully saturated rings. The lowest BCUT2D eigenvalue weighted by Crippen LogP contribution is -2.22. The van der Waals surface area contributed by atoms with Crippen molar-refractivity contribution in [3.05, 3.63) is 22.4 Å². The molecule has 0 saturated heterocycles. The van der Waals surface area contributed by atoms with Gasteiger partial charge in [0.05, 0.1) is 15.8 Å². The van der Waals surface area contributed by atoms with Crippen LogP contribution in [0, 0.1) is 5.82 Å². The van der Waals surface area contributed by atoms with Crippen LogP contribution in [0.2, 0.25) is 0 Å². The summed E-state index contributed by atoms with van der Waals surface area (Å²) >= 11 is 3.06. The van der Waals surface area contributed by atoms with Crippen LogP contribution in [-0.4, -0.2) is 22.3 Å². The summed E-state index contributed by atoms with van der Waals surface area (Å²) in [6.45, 7) is 1.88. The van der Waals surface area contributed by atoms with Crippen LogP contribution in [0.15, 0.2) is 16.6 Å². The van der Waals surface area contributed by atoms with Gasteiger partial charge in [-0.2, -0.15) is 0 Å². The van der Waals surface area contributed by atoms with E-state index in [9.17, 15) is 8.60 Å². The molecule has 1 aromatic carbocycles. The number of nitrogens with one attached hydrogen (secondary N) is 1. The molecule has 1 aromatic rings. The van der Waals surface area contributed by atoms with E-state index in [2.05, 4.69) is 21.2 Å². The Morgan fingerprint density at radius 2 is 2.25 bits per heavy atom. The highest BCUT2D eigenvalue weighted by Gasteiger charge is 2.09. The van der Waals surface area contributed by atoms with Crippen LogP contribution in [0.1, 0.15) is 6.92 Å². The zero-order valence-electron chi connectivity index (χ0n) is 9.09. The summed E-state index contributed by atoms with van der Waals surface area (Å²) < 4.78 is 24.6. The summed E-state index contributed by atoms with van der Waals surface area (Å²) in [6.07, 6.45) is 1.63. The van der Waals surface area contributed by atoms with Crippen molar-refractivity contribution in [2.45, 2.75) is 13.0 Å². The first kappa shape index (κ1) is 13.4. The van der Waals surface area contributed by atoms with E-state index in [4.69, 9.17) is 5.73 Å². The molecular formula is C10H14BrFN2OS. The Labute approximate surface area is 105 Å². The number of benzene rings is 1. The van der Waals surface area contributed by atoms with Gasteiger partial charge in [0.2, 0.25) is 0 Å². The summed E-state index contributed by atoms with van der Waals surface area (Å²) in [5, 5.41) is 3.03. The predicted octanol–water partition coefficient (Wildman–Crippen LogP) is 2.35. The molecule has 0 saturated carbocycles. The summed E-state index contributed by atoms with van der Waals surface area (Å²) in [7, 11) is -0.892. The Morgan fingerprint density at radius 1 is 1.62 bits per heavy atom. The normalized spacial score (nSPS) is 14.5. The van der Waals surface area contributed by atoms with Gasteiger partial charge in [-0.15, -0.1) is 0 Å². The second kappa shape index (κ2) is 5.63. The van der Waals surface area contributed by atoms with Gasteiger partial charge >= 0.3 is 0 Å². The van der Waals surface area contributed by atoms with Crippen molar-refractivity contribution in [2.24, 2.45) is 0 Å². The molecule has 0 aliphatic rings. The van der Waals surface area contributed by atoms with E-state index in [0.29, 0.717) is 21.6 Å². The van der Waals surface area contributed by atoms with Crippen molar-refractivity contribution < 1.29 is 8.60 Å². The average Bonchev–Trinajstić information content (AvgIpc) is 2.12. The largest absolute Gasteiger partial charge is 0.397 e. The fraction of sp³-hybridized carbons (Fsp3) is 0.400. The lowest BCUT2D eigenvalue weighted by molar-refractivity contribution is 0.621. The van der Waals surface area contributed by atoms with E-state index in [1.807, 2.05) is 6.92 Å². The third-order valence-electron chi connectivity index (χ3n) is 1.98. The second-order valence-electron chi connectivity index (χ2n) is 3.64. The first-order valence-electron chi connectivity index (χ1n) is 4.71. The van der Waals surface area contributed by atoms with Crippen LogP contribution in [-0.2, 0) is 10.8 Å². The highest BCUT2D eigenvalue weighted by molar-refractivity contribution is 9.10. The van der Waals surface area contributed by atoms with Crippen molar-refractivity contribution in [3.8, 4) is 0 Å². The molecule has 90 valence electrons. The molecule has 3 N–H and O–H groups in total. The number of rotatable bonds is 4.